The summed E-state index contributed by atoms with van der Waals surface area (Å²) < 4.78 is 18.5. The van der Waals surface area contributed by atoms with Crippen molar-refractivity contribution in [2.24, 2.45) is 0 Å². The molecule has 1 aliphatic heterocycles. The molecular formula is C23H19FN2O4S. The third-order valence-electron chi connectivity index (χ3n) is 5.09. The lowest BCUT2D eigenvalue weighted by Gasteiger charge is -2.27. The summed E-state index contributed by atoms with van der Waals surface area (Å²) >= 11 is 1.45. The van der Waals surface area contributed by atoms with Gasteiger partial charge in [-0.15, -0.1) is 11.3 Å². The Kier molecular flexibility index (Phi) is 5.81. The molecule has 0 N–H and O–H groups in total. The van der Waals surface area contributed by atoms with Gasteiger partial charge in [0.2, 0.25) is 5.91 Å². The maximum Gasteiger partial charge on any atom is 0.257 e. The average molecular weight is 438 g/mol. The smallest absolute Gasteiger partial charge is 0.257 e. The van der Waals surface area contributed by atoms with Crippen LogP contribution in [-0.4, -0.2) is 35.8 Å². The first-order valence-corrected chi connectivity index (χ1v) is 10.5. The number of amides is 3. The number of carbonyl (C=O) groups excluding carboxylic acids is 3. The molecule has 0 radical (unpaired) electrons. The Balaban J connectivity index is 1.65. The van der Waals surface area contributed by atoms with E-state index < -0.39 is 23.7 Å². The van der Waals surface area contributed by atoms with E-state index in [4.69, 9.17) is 4.74 Å². The number of methoxy groups -OCH3 is 1. The quantitative estimate of drug-likeness (QED) is 0.548. The maximum absolute atomic E-state index is 13.3. The number of carbonyl (C=O) groups is 3. The Morgan fingerprint density at radius 3 is 2.45 bits per heavy atom. The van der Waals surface area contributed by atoms with E-state index in [-0.39, 0.29) is 24.4 Å². The first-order valence-electron chi connectivity index (χ1n) is 9.57. The predicted molar refractivity (Wildman–Crippen MR) is 114 cm³/mol. The summed E-state index contributed by atoms with van der Waals surface area (Å²) in [5, 5.41) is 1.88. The number of halogens is 1. The van der Waals surface area contributed by atoms with Gasteiger partial charge >= 0.3 is 0 Å². The first kappa shape index (κ1) is 20.7. The van der Waals surface area contributed by atoms with E-state index in [1.54, 1.807) is 24.3 Å². The number of imide groups is 1. The van der Waals surface area contributed by atoms with Gasteiger partial charge in [-0.05, 0) is 60.0 Å². The fourth-order valence-electron chi connectivity index (χ4n) is 3.51. The molecule has 158 valence electrons. The van der Waals surface area contributed by atoms with Crippen LogP contribution in [0.3, 0.4) is 0 Å². The van der Waals surface area contributed by atoms with E-state index in [9.17, 15) is 18.8 Å². The van der Waals surface area contributed by atoms with Crippen LogP contribution in [0.1, 0.15) is 21.7 Å². The van der Waals surface area contributed by atoms with Crippen molar-refractivity contribution in [2.75, 3.05) is 12.0 Å². The second-order valence-corrected chi connectivity index (χ2v) is 8.04. The highest BCUT2D eigenvalue weighted by atomic mass is 32.1. The molecule has 1 fully saturated rings. The van der Waals surface area contributed by atoms with Crippen LogP contribution >= 0.6 is 11.3 Å². The molecule has 1 unspecified atom stereocenters. The second kappa shape index (κ2) is 8.69. The summed E-state index contributed by atoms with van der Waals surface area (Å²) in [6.07, 6.45) is -0.122. The Bertz CT molecular complexity index is 1100. The molecule has 0 saturated carbocycles. The molecule has 6 nitrogen and oxygen atoms in total. The topological polar surface area (TPSA) is 66.9 Å². The van der Waals surface area contributed by atoms with Crippen LogP contribution in [0, 0.1) is 5.82 Å². The Morgan fingerprint density at radius 2 is 1.84 bits per heavy atom. The van der Waals surface area contributed by atoms with Gasteiger partial charge in [0.25, 0.3) is 11.8 Å². The van der Waals surface area contributed by atoms with E-state index in [1.807, 2.05) is 17.5 Å². The van der Waals surface area contributed by atoms with E-state index in [0.717, 1.165) is 9.78 Å². The third-order valence-corrected chi connectivity index (χ3v) is 5.95. The van der Waals surface area contributed by atoms with E-state index >= 15 is 0 Å². The van der Waals surface area contributed by atoms with Gasteiger partial charge in [0.05, 0.1) is 25.8 Å². The zero-order valence-corrected chi connectivity index (χ0v) is 17.5. The Morgan fingerprint density at radius 1 is 1.13 bits per heavy atom. The molecule has 3 amide bonds. The second-order valence-electron chi connectivity index (χ2n) is 7.00. The lowest BCUT2D eigenvalue weighted by molar-refractivity contribution is -0.122. The predicted octanol–water partition coefficient (Wildman–Crippen LogP) is 3.87. The van der Waals surface area contributed by atoms with Crippen LogP contribution in [0.2, 0.25) is 0 Å². The van der Waals surface area contributed by atoms with Gasteiger partial charge in [-0.1, -0.05) is 6.07 Å². The number of anilines is 1. The van der Waals surface area contributed by atoms with Crippen LogP contribution in [0.15, 0.2) is 66.0 Å². The number of rotatable bonds is 6. The van der Waals surface area contributed by atoms with E-state index in [0.29, 0.717) is 11.4 Å². The van der Waals surface area contributed by atoms with Crippen molar-refractivity contribution < 1.29 is 23.5 Å². The molecule has 2 aromatic carbocycles. The van der Waals surface area contributed by atoms with Gasteiger partial charge in [0.15, 0.2) is 0 Å². The van der Waals surface area contributed by atoms with Crippen LogP contribution < -0.4 is 9.64 Å². The van der Waals surface area contributed by atoms with Crippen molar-refractivity contribution in [2.45, 2.75) is 19.0 Å². The Labute approximate surface area is 182 Å². The lowest BCUT2D eigenvalue weighted by atomic mass is 10.1. The van der Waals surface area contributed by atoms with Gasteiger partial charge in [-0.25, -0.2) is 9.29 Å². The average Bonchev–Trinajstić information content (AvgIpc) is 3.39. The van der Waals surface area contributed by atoms with Gasteiger partial charge in [-0.2, -0.15) is 0 Å². The van der Waals surface area contributed by atoms with Gasteiger partial charge in [0, 0.05) is 10.4 Å². The minimum Gasteiger partial charge on any atom is -0.497 e. The maximum atomic E-state index is 13.3. The molecule has 0 aliphatic carbocycles. The molecule has 31 heavy (non-hydrogen) atoms. The van der Waals surface area contributed by atoms with Crippen molar-refractivity contribution in [3.05, 3.63) is 82.3 Å². The van der Waals surface area contributed by atoms with E-state index in [1.165, 1.54) is 47.6 Å². The summed E-state index contributed by atoms with van der Waals surface area (Å²) in [6.45, 7) is 0.175. The van der Waals surface area contributed by atoms with E-state index in [2.05, 4.69) is 0 Å². The van der Waals surface area contributed by atoms with Crippen LogP contribution in [0.5, 0.6) is 5.75 Å². The fourth-order valence-corrected chi connectivity index (χ4v) is 4.22. The zero-order chi connectivity index (χ0) is 22.0. The fraction of sp³-hybridized carbons (Fsp3) is 0.174. The minimum absolute atomic E-state index is 0.122. The van der Waals surface area contributed by atoms with Crippen molar-refractivity contribution in [1.29, 1.82) is 0 Å². The number of nitrogens with zero attached hydrogens (tertiary/aromatic N) is 2. The summed E-state index contributed by atoms with van der Waals surface area (Å²) in [6, 6.07) is 14.5. The normalized spacial score (nSPS) is 15.9. The highest BCUT2D eigenvalue weighted by Crippen LogP contribution is 2.29. The summed E-state index contributed by atoms with van der Waals surface area (Å²) in [4.78, 5) is 42.6. The number of hydrogen-bond acceptors (Lipinski definition) is 5. The SMILES string of the molecule is COc1ccc(N2C(=O)CC(N(Cc3cccs3)C(=O)c3ccc(F)cc3)C2=O)cc1. The molecule has 1 aromatic heterocycles. The highest BCUT2D eigenvalue weighted by molar-refractivity contribution is 7.09. The zero-order valence-electron chi connectivity index (χ0n) is 16.7. The third kappa shape index (κ3) is 4.20. The monoisotopic (exact) mass is 438 g/mol. The standard InChI is InChI=1S/C23H19FN2O4S/c1-30-18-10-8-17(9-11-18)26-21(27)13-20(23(26)29)25(14-19-3-2-12-31-19)22(28)15-4-6-16(24)7-5-15/h2-12,20H,13-14H2,1H3. The molecule has 1 aliphatic rings. The molecule has 8 heteroatoms. The molecule has 3 aromatic rings. The van der Waals surface area contributed by atoms with Crippen molar-refractivity contribution in [3.63, 3.8) is 0 Å². The number of benzene rings is 2. The van der Waals surface area contributed by atoms with Crippen LogP contribution in [0.4, 0.5) is 10.1 Å². The van der Waals surface area contributed by atoms with Crippen molar-refractivity contribution in [3.8, 4) is 5.75 Å². The van der Waals surface area contributed by atoms with Crippen molar-refractivity contribution >= 4 is 34.7 Å². The lowest BCUT2D eigenvalue weighted by Crippen LogP contribution is -2.45. The number of hydrogen-bond donors (Lipinski definition) is 0. The first-order chi connectivity index (χ1) is 15.0. The van der Waals surface area contributed by atoms with Gasteiger partial charge in [-0.3, -0.25) is 14.4 Å². The summed E-state index contributed by atoms with van der Waals surface area (Å²) in [5.74, 6) is -1.15. The molecule has 1 atom stereocenters. The van der Waals surface area contributed by atoms with Crippen LogP contribution in [0.25, 0.3) is 0 Å². The number of ether oxygens (including phenoxy) is 1. The van der Waals surface area contributed by atoms with Crippen molar-refractivity contribution in [1.82, 2.24) is 4.90 Å². The van der Waals surface area contributed by atoms with Gasteiger partial charge < -0.3 is 9.64 Å². The Hall–Kier alpha value is -3.52. The largest absolute Gasteiger partial charge is 0.497 e. The summed E-state index contributed by atoms with van der Waals surface area (Å²) in [7, 11) is 1.53. The highest BCUT2D eigenvalue weighted by Gasteiger charge is 2.44. The molecule has 4 rings (SSSR count). The van der Waals surface area contributed by atoms with Gasteiger partial charge in [0.1, 0.15) is 17.6 Å². The molecule has 1 saturated heterocycles. The molecular weight excluding hydrogens is 419 g/mol. The molecule has 2 heterocycles. The molecule has 0 spiro atoms. The van der Waals surface area contributed by atoms with Crippen LogP contribution in [-0.2, 0) is 16.1 Å². The summed E-state index contributed by atoms with van der Waals surface area (Å²) in [5.41, 5.74) is 0.671. The number of thiophene rings is 1. The minimum atomic E-state index is -0.950. The molecule has 0 bridgehead atoms.